The van der Waals surface area contributed by atoms with Crippen LogP contribution in [0.4, 0.5) is 0 Å². The fourth-order valence-corrected chi connectivity index (χ4v) is 4.39. The van der Waals surface area contributed by atoms with Crippen molar-refractivity contribution in [1.82, 2.24) is 0 Å². The van der Waals surface area contributed by atoms with Crippen molar-refractivity contribution in [2.24, 2.45) is 10.8 Å². The largest absolute Gasteiger partial charge is 0.504 e. The highest BCUT2D eigenvalue weighted by atomic mass is 16.7. The van der Waals surface area contributed by atoms with Crippen molar-refractivity contribution in [2.45, 2.75) is 54.1 Å². The SMILES string of the molecule is CCOC(OCC)C(C)(C)COc1ccc(OC)cc1C=COC.COC=Cc1cc(OC)ccc1OCC(C)(C)C1OCCO1. The first-order valence-corrected chi connectivity index (χ1v) is 15.5. The first-order valence-electron chi connectivity index (χ1n) is 15.5. The maximum absolute atomic E-state index is 6.05. The van der Waals surface area contributed by atoms with Crippen molar-refractivity contribution in [3.8, 4) is 23.0 Å². The predicted octanol–water partition coefficient (Wildman–Crippen LogP) is 7.21. The number of methoxy groups -OCH3 is 4. The van der Waals surface area contributed by atoms with Gasteiger partial charge >= 0.3 is 0 Å². The van der Waals surface area contributed by atoms with Crippen molar-refractivity contribution < 1.29 is 47.4 Å². The zero-order chi connectivity index (χ0) is 34.0. The van der Waals surface area contributed by atoms with Crippen LogP contribution in [0.3, 0.4) is 0 Å². The van der Waals surface area contributed by atoms with E-state index in [4.69, 9.17) is 47.4 Å². The average molecular weight is 647 g/mol. The Kier molecular flexibility index (Phi) is 16.8. The lowest BCUT2D eigenvalue weighted by molar-refractivity contribution is -0.201. The second kappa shape index (κ2) is 19.9. The number of hydrogen-bond acceptors (Lipinski definition) is 10. The number of ether oxygens (including phenoxy) is 10. The Balaban J connectivity index is 0.000000321. The van der Waals surface area contributed by atoms with E-state index >= 15 is 0 Å². The molecule has 0 amide bonds. The molecule has 10 nitrogen and oxygen atoms in total. The molecule has 46 heavy (non-hydrogen) atoms. The highest BCUT2D eigenvalue weighted by Crippen LogP contribution is 2.32. The molecular formula is C36H54O10. The summed E-state index contributed by atoms with van der Waals surface area (Å²) in [7, 11) is 6.49. The molecule has 0 unspecified atom stereocenters. The summed E-state index contributed by atoms with van der Waals surface area (Å²) >= 11 is 0. The monoisotopic (exact) mass is 646 g/mol. The summed E-state index contributed by atoms with van der Waals surface area (Å²) in [5.74, 6) is 3.05. The maximum Gasteiger partial charge on any atom is 0.166 e. The molecule has 10 heteroatoms. The molecule has 1 aliphatic rings. The minimum atomic E-state index is -0.316. The van der Waals surface area contributed by atoms with Gasteiger partial charge in [0.2, 0.25) is 0 Å². The molecule has 1 fully saturated rings. The molecule has 1 saturated heterocycles. The molecule has 2 aromatic rings. The lowest BCUT2D eigenvalue weighted by Gasteiger charge is -2.33. The van der Waals surface area contributed by atoms with Crippen molar-refractivity contribution in [3.05, 3.63) is 60.0 Å². The summed E-state index contributed by atoms with van der Waals surface area (Å²) in [4.78, 5) is 0. The Morgan fingerprint density at radius 1 is 0.717 bits per heavy atom. The fourth-order valence-electron chi connectivity index (χ4n) is 4.39. The summed E-state index contributed by atoms with van der Waals surface area (Å²) < 4.78 is 55.1. The van der Waals surface area contributed by atoms with Crippen LogP contribution in [0.15, 0.2) is 48.9 Å². The van der Waals surface area contributed by atoms with Crippen LogP contribution in [0.1, 0.15) is 52.7 Å². The summed E-state index contributed by atoms with van der Waals surface area (Å²) in [6.45, 7) is 15.6. The van der Waals surface area contributed by atoms with Gasteiger partial charge in [-0.1, -0.05) is 27.7 Å². The van der Waals surface area contributed by atoms with Crippen LogP contribution in [0, 0.1) is 10.8 Å². The van der Waals surface area contributed by atoms with Crippen LogP contribution < -0.4 is 18.9 Å². The van der Waals surface area contributed by atoms with Crippen molar-refractivity contribution in [2.75, 3.05) is 68.1 Å². The predicted molar refractivity (Wildman–Crippen MR) is 179 cm³/mol. The number of hydrogen-bond donors (Lipinski definition) is 0. The summed E-state index contributed by atoms with van der Waals surface area (Å²) in [5, 5.41) is 0. The molecule has 0 radical (unpaired) electrons. The number of benzene rings is 2. The van der Waals surface area contributed by atoms with Crippen LogP contribution in [-0.2, 0) is 28.4 Å². The van der Waals surface area contributed by atoms with Gasteiger partial charge in [0.1, 0.15) is 23.0 Å². The lowest BCUT2D eigenvalue weighted by Crippen LogP contribution is -2.39. The van der Waals surface area contributed by atoms with Crippen LogP contribution >= 0.6 is 0 Å². The first-order chi connectivity index (χ1) is 22.0. The van der Waals surface area contributed by atoms with Gasteiger partial charge in [0.15, 0.2) is 12.6 Å². The Labute approximate surface area is 275 Å². The molecule has 0 atom stereocenters. The van der Waals surface area contributed by atoms with Crippen LogP contribution in [0.5, 0.6) is 23.0 Å². The average Bonchev–Trinajstić information content (AvgIpc) is 3.61. The molecule has 3 rings (SSSR count). The van der Waals surface area contributed by atoms with Crippen LogP contribution in [-0.4, -0.2) is 80.7 Å². The van der Waals surface area contributed by atoms with Gasteiger partial charge in [-0.15, -0.1) is 0 Å². The van der Waals surface area contributed by atoms with E-state index in [0.29, 0.717) is 39.6 Å². The smallest absolute Gasteiger partial charge is 0.166 e. The molecule has 0 N–H and O–H groups in total. The van der Waals surface area contributed by atoms with Crippen molar-refractivity contribution in [1.29, 1.82) is 0 Å². The van der Waals surface area contributed by atoms with Gasteiger partial charge in [-0.25, -0.2) is 0 Å². The number of rotatable bonds is 18. The first kappa shape index (κ1) is 38.7. The minimum absolute atomic E-state index is 0.233. The second-order valence-corrected chi connectivity index (χ2v) is 11.8. The van der Waals surface area contributed by atoms with E-state index in [1.54, 1.807) is 41.0 Å². The topological polar surface area (TPSA) is 92.3 Å². The summed E-state index contributed by atoms with van der Waals surface area (Å²) in [5.41, 5.74) is 1.24. The van der Waals surface area contributed by atoms with Crippen LogP contribution in [0.25, 0.3) is 12.2 Å². The standard InChI is InChI=1S/C19H30O5.C17H24O5/c1-7-22-18(23-8-2)19(3,4)14-24-17-10-9-16(21-6)13-15(17)11-12-20-5;1-17(2,16-20-9-10-21-16)12-22-15-6-5-14(19-4)11-13(15)7-8-18-3/h9-13,18H,7-8,14H2,1-6H3;5-8,11,16H,9-10,12H2,1-4H3. The highest BCUT2D eigenvalue weighted by molar-refractivity contribution is 5.60. The van der Waals surface area contributed by atoms with E-state index in [0.717, 1.165) is 34.1 Å². The van der Waals surface area contributed by atoms with Gasteiger partial charge in [-0.05, 0) is 62.4 Å². The third-order valence-electron chi connectivity index (χ3n) is 6.93. The van der Waals surface area contributed by atoms with Crippen molar-refractivity contribution >= 4 is 12.2 Å². The minimum Gasteiger partial charge on any atom is -0.504 e. The van der Waals surface area contributed by atoms with Gasteiger partial charge in [-0.2, -0.15) is 0 Å². The Bertz CT molecular complexity index is 1200. The van der Waals surface area contributed by atoms with Gasteiger partial charge < -0.3 is 47.4 Å². The molecule has 258 valence electrons. The second-order valence-electron chi connectivity index (χ2n) is 11.8. The summed E-state index contributed by atoms with van der Waals surface area (Å²) in [6, 6.07) is 11.3. The Hall–Kier alpha value is -3.44. The van der Waals surface area contributed by atoms with E-state index in [1.807, 2.05) is 62.4 Å². The van der Waals surface area contributed by atoms with E-state index in [9.17, 15) is 0 Å². The molecule has 1 heterocycles. The van der Waals surface area contributed by atoms with Gasteiger partial charge in [0.05, 0.1) is 67.4 Å². The van der Waals surface area contributed by atoms with E-state index in [1.165, 1.54) is 0 Å². The van der Waals surface area contributed by atoms with Crippen LogP contribution in [0.2, 0.25) is 0 Å². The normalized spacial score (nSPS) is 14.0. The van der Waals surface area contributed by atoms with E-state index < -0.39 is 0 Å². The Morgan fingerprint density at radius 2 is 1.17 bits per heavy atom. The molecule has 0 saturated carbocycles. The molecule has 0 spiro atoms. The molecule has 0 aromatic heterocycles. The lowest BCUT2D eigenvalue weighted by atomic mass is 9.93. The molecular weight excluding hydrogens is 592 g/mol. The highest BCUT2D eigenvalue weighted by Gasteiger charge is 2.35. The third-order valence-corrected chi connectivity index (χ3v) is 6.93. The van der Waals surface area contributed by atoms with Crippen molar-refractivity contribution in [3.63, 3.8) is 0 Å². The molecule has 2 aromatic carbocycles. The third kappa shape index (κ3) is 12.4. The zero-order valence-electron chi connectivity index (χ0n) is 29.3. The van der Waals surface area contributed by atoms with E-state index in [2.05, 4.69) is 27.7 Å². The maximum atomic E-state index is 6.05. The molecule has 0 bridgehead atoms. The van der Waals surface area contributed by atoms with Gasteiger partial charge in [-0.3, -0.25) is 0 Å². The molecule has 0 aliphatic carbocycles. The summed E-state index contributed by atoms with van der Waals surface area (Å²) in [6.07, 6.45) is 6.35. The quantitative estimate of drug-likeness (QED) is 0.122. The Morgan fingerprint density at radius 3 is 1.59 bits per heavy atom. The van der Waals surface area contributed by atoms with E-state index in [-0.39, 0.29) is 23.4 Å². The zero-order valence-corrected chi connectivity index (χ0v) is 29.3. The van der Waals surface area contributed by atoms with Gasteiger partial charge in [0.25, 0.3) is 0 Å². The van der Waals surface area contributed by atoms with Gasteiger partial charge in [0, 0.05) is 35.2 Å². The molecule has 1 aliphatic heterocycles. The fraction of sp³-hybridized carbons (Fsp3) is 0.556.